The SMILES string of the molecule is CCN(C(=O)CSc1nc2nc[nH]c2c(=O)[nH]1)c1cccc(C)c1. The molecule has 8 heteroatoms. The first-order valence-electron chi connectivity index (χ1n) is 7.51. The third-order valence-electron chi connectivity index (χ3n) is 3.54. The van der Waals surface area contributed by atoms with Gasteiger partial charge in [0, 0.05) is 12.2 Å². The van der Waals surface area contributed by atoms with Gasteiger partial charge in [0.25, 0.3) is 5.56 Å². The number of aryl methyl sites for hydroxylation is 1. The number of aromatic nitrogens is 4. The molecule has 0 bridgehead atoms. The lowest BCUT2D eigenvalue weighted by Crippen LogP contribution is -2.32. The molecular formula is C16H17N5O2S. The molecule has 3 rings (SSSR count). The molecule has 0 fully saturated rings. The van der Waals surface area contributed by atoms with Crippen molar-refractivity contribution in [3.8, 4) is 0 Å². The number of nitrogens with one attached hydrogen (secondary N) is 2. The smallest absolute Gasteiger partial charge is 0.277 e. The number of rotatable bonds is 5. The van der Waals surface area contributed by atoms with E-state index < -0.39 is 0 Å². The van der Waals surface area contributed by atoms with Gasteiger partial charge in [-0.15, -0.1) is 0 Å². The Hall–Kier alpha value is -2.61. The second-order valence-electron chi connectivity index (χ2n) is 5.24. The summed E-state index contributed by atoms with van der Waals surface area (Å²) in [5.41, 5.74) is 2.35. The van der Waals surface area contributed by atoms with Crippen molar-refractivity contribution >= 4 is 34.5 Å². The third kappa shape index (κ3) is 3.33. The number of fused-ring (bicyclic) bond motifs is 1. The molecule has 7 nitrogen and oxygen atoms in total. The molecule has 24 heavy (non-hydrogen) atoms. The molecule has 2 heterocycles. The van der Waals surface area contributed by atoms with Crippen LogP contribution < -0.4 is 10.5 Å². The molecule has 0 atom stereocenters. The summed E-state index contributed by atoms with van der Waals surface area (Å²) < 4.78 is 0. The van der Waals surface area contributed by atoms with Crippen LogP contribution in [0, 0.1) is 6.92 Å². The van der Waals surface area contributed by atoms with Gasteiger partial charge in [-0.1, -0.05) is 23.9 Å². The summed E-state index contributed by atoms with van der Waals surface area (Å²) in [6, 6.07) is 7.81. The van der Waals surface area contributed by atoms with Crippen molar-refractivity contribution in [2.45, 2.75) is 19.0 Å². The minimum Gasteiger partial charge on any atom is -0.339 e. The van der Waals surface area contributed by atoms with E-state index in [1.165, 1.54) is 18.1 Å². The first-order chi connectivity index (χ1) is 11.6. The summed E-state index contributed by atoms with van der Waals surface area (Å²) in [7, 11) is 0. The van der Waals surface area contributed by atoms with Crippen LogP contribution >= 0.6 is 11.8 Å². The molecular weight excluding hydrogens is 326 g/mol. The van der Waals surface area contributed by atoms with E-state index in [1.54, 1.807) is 4.90 Å². The van der Waals surface area contributed by atoms with Gasteiger partial charge >= 0.3 is 0 Å². The molecule has 0 radical (unpaired) electrons. The highest BCUT2D eigenvalue weighted by atomic mass is 32.2. The number of hydrogen-bond donors (Lipinski definition) is 2. The average molecular weight is 343 g/mol. The van der Waals surface area contributed by atoms with Crippen molar-refractivity contribution in [3.05, 3.63) is 46.5 Å². The molecule has 1 amide bonds. The van der Waals surface area contributed by atoms with Crippen LogP contribution in [-0.2, 0) is 4.79 Å². The lowest BCUT2D eigenvalue weighted by Gasteiger charge is -2.21. The molecule has 0 aliphatic carbocycles. The number of nitrogens with zero attached hydrogens (tertiary/aromatic N) is 3. The highest BCUT2D eigenvalue weighted by molar-refractivity contribution is 7.99. The molecule has 124 valence electrons. The number of imidazole rings is 1. The molecule has 2 aromatic heterocycles. The fraction of sp³-hybridized carbons (Fsp3) is 0.250. The van der Waals surface area contributed by atoms with E-state index in [0.717, 1.165) is 11.3 Å². The summed E-state index contributed by atoms with van der Waals surface area (Å²) in [4.78, 5) is 39.7. The van der Waals surface area contributed by atoms with Crippen molar-refractivity contribution in [1.82, 2.24) is 19.9 Å². The summed E-state index contributed by atoms with van der Waals surface area (Å²) in [6.07, 6.45) is 1.42. The van der Waals surface area contributed by atoms with Gasteiger partial charge in [-0.25, -0.2) is 9.97 Å². The fourth-order valence-corrected chi connectivity index (χ4v) is 3.13. The Morgan fingerprint density at radius 2 is 2.21 bits per heavy atom. The molecule has 0 saturated carbocycles. The quantitative estimate of drug-likeness (QED) is 0.546. The van der Waals surface area contributed by atoms with Crippen LogP contribution in [0.25, 0.3) is 11.2 Å². The highest BCUT2D eigenvalue weighted by Crippen LogP contribution is 2.19. The van der Waals surface area contributed by atoms with Crippen molar-refractivity contribution in [2.75, 3.05) is 17.2 Å². The number of carbonyl (C=O) groups excluding carboxylic acids is 1. The summed E-state index contributed by atoms with van der Waals surface area (Å²) in [5, 5.41) is 0.383. The lowest BCUT2D eigenvalue weighted by atomic mass is 10.2. The molecule has 3 aromatic rings. The van der Waals surface area contributed by atoms with E-state index in [2.05, 4.69) is 19.9 Å². The van der Waals surface area contributed by atoms with Crippen LogP contribution in [0.2, 0.25) is 0 Å². The van der Waals surface area contributed by atoms with Gasteiger partial charge in [0.1, 0.15) is 0 Å². The van der Waals surface area contributed by atoms with Gasteiger partial charge in [-0.3, -0.25) is 14.6 Å². The Morgan fingerprint density at radius 3 is 2.96 bits per heavy atom. The number of amides is 1. The zero-order valence-electron chi connectivity index (χ0n) is 13.4. The van der Waals surface area contributed by atoms with Crippen LogP contribution in [0.4, 0.5) is 5.69 Å². The Kier molecular flexibility index (Phi) is 4.66. The van der Waals surface area contributed by atoms with Gasteiger partial charge in [0.15, 0.2) is 16.3 Å². The predicted molar refractivity (Wildman–Crippen MR) is 94.4 cm³/mol. The second-order valence-corrected chi connectivity index (χ2v) is 6.20. The molecule has 0 saturated heterocycles. The van der Waals surface area contributed by atoms with Gasteiger partial charge in [0.05, 0.1) is 12.1 Å². The monoisotopic (exact) mass is 343 g/mol. The number of H-pyrrole nitrogens is 2. The van der Waals surface area contributed by atoms with Crippen molar-refractivity contribution in [1.29, 1.82) is 0 Å². The first kappa shape index (κ1) is 16.3. The number of anilines is 1. The van der Waals surface area contributed by atoms with Crippen LogP contribution in [0.5, 0.6) is 0 Å². The summed E-state index contributed by atoms with van der Waals surface area (Å²) >= 11 is 1.19. The first-order valence-corrected chi connectivity index (χ1v) is 8.50. The van der Waals surface area contributed by atoms with Gasteiger partial charge in [0.2, 0.25) is 5.91 Å². The maximum absolute atomic E-state index is 12.5. The average Bonchev–Trinajstić information content (AvgIpc) is 3.03. The Morgan fingerprint density at radius 1 is 1.38 bits per heavy atom. The maximum Gasteiger partial charge on any atom is 0.277 e. The largest absolute Gasteiger partial charge is 0.339 e. The van der Waals surface area contributed by atoms with E-state index in [9.17, 15) is 9.59 Å². The minimum absolute atomic E-state index is 0.0436. The Bertz CT molecular complexity index is 933. The molecule has 2 N–H and O–H groups in total. The van der Waals surface area contributed by atoms with Crippen molar-refractivity contribution < 1.29 is 4.79 Å². The zero-order chi connectivity index (χ0) is 17.1. The lowest BCUT2D eigenvalue weighted by molar-refractivity contribution is -0.116. The molecule has 0 aliphatic rings. The van der Waals surface area contributed by atoms with E-state index >= 15 is 0 Å². The van der Waals surface area contributed by atoms with Crippen LogP contribution in [0.15, 0.2) is 40.5 Å². The van der Waals surface area contributed by atoms with Gasteiger partial charge in [-0.05, 0) is 31.5 Å². The number of hydrogen-bond acceptors (Lipinski definition) is 5. The zero-order valence-corrected chi connectivity index (χ0v) is 14.2. The molecule has 0 spiro atoms. The number of aromatic amines is 2. The highest BCUT2D eigenvalue weighted by Gasteiger charge is 2.15. The number of thioether (sulfide) groups is 1. The minimum atomic E-state index is -0.293. The summed E-state index contributed by atoms with van der Waals surface area (Å²) in [6.45, 7) is 4.50. The molecule has 0 unspecified atom stereocenters. The number of benzene rings is 1. The van der Waals surface area contributed by atoms with Gasteiger partial charge < -0.3 is 9.88 Å². The van der Waals surface area contributed by atoms with E-state index in [4.69, 9.17) is 0 Å². The second kappa shape index (κ2) is 6.88. The van der Waals surface area contributed by atoms with E-state index in [1.807, 2.05) is 38.1 Å². The fourth-order valence-electron chi connectivity index (χ4n) is 2.40. The van der Waals surface area contributed by atoms with E-state index in [0.29, 0.717) is 22.9 Å². The van der Waals surface area contributed by atoms with Crippen molar-refractivity contribution in [3.63, 3.8) is 0 Å². The summed E-state index contributed by atoms with van der Waals surface area (Å²) in [5.74, 6) is 0.138. The van der Waals surface area contributed by atoms with Crippen LogP contribution in [0.1, 0.15) is 12.5 Å². The normalized spacial score (nSPS) is 10.9. The van der Waals surface area contributed by atoms with Crippen LogP contribution in [-0.4, -0.2) is 38.1 Å². The van der Waals surface area contributed by atoms with Crippen LogP contribution in [0.3, 0.4) is 0 Å². The topological polar surface area (TPSA) is 94.7 Å². The van der Waals surface area contributed by atoms with Gasteiger partial charge in [-0.2, -0.15) is 0 Å². The standard InChI is InChI=1S/C16H17N5O2S/c1-3-21(11-6-4-5-10(2)7-11)12(22)8-24-16-19-14-13(15(23)20-16)17-9-18-14/h4-7,9H,3,8H2,1-2H3,(H2,17,18,19,20,23). The van der Waals surface area contributed by atoms with Crippen molar-refractivity contribution in [2.24, 2.45) is 0 Å². The predicted octanol–water partition coefficient (Wildman–Crippen LogP) is 2.10. The van der Waals surface area contributed by atoms with E-state index in [-0.39, 0.29) is 17.2 Å². The number of carbonyl (C=O) groups is 1. The third-order valence-corrected chi connectivity index (χ3v) is 4.40. The Balaban J connectivity index is 1.74. The maximum atomic E-state index is 12.5. The Labute approximate surface area is 142 Å². The molecule has 1 aromatic carbocycles. The molecule has 0 aliphatic heterocycles.